The van der Waals surface area contributed by atoms with Gasteiger partial charge in [-0.1, -0.05) is 39.3 Å². The smallest absolute Gasteiger partial charge is 0.101 e. The highest BCUT2D eigenvalue weighted by Crippen LogP contribution is 2.72. The van der Waals surface area contributed by atoms with Crippen LogP contribution in [-0.2, 0) is 0 Å². The summed E-state index contributed by atoms with van der Waals surface area (Å²) in [5.74, 6) is 0.219. The molecule has 1 N–H and O–H groups in total. The Morgan fingerprint density at radius 3 is 2.17 bits per heavy atom. The zero-order valence-corrected chi connectivity index (χ0v) is 12.8. The largest absolute Gasteiger partial charge is 0.386 e. The molecule has 0 spiro atoms. The highest BCUT2D eigenvalue weighted by Gasteiger charge is 2.67. The minimum atomic E-state index is -0.549. The quantitative estimate of drug-likeness (QED) is 0.906. The second-order valence-corrected chi connectivity index (χ2v) is 7.19. The van der Waals surface area contributed by atoms with Crippen molar-refractivity contribution in [2.24, 2.45) is 16.7 Å². The molecule has 1 heterocycles. The molecule has 1 aromatic rings. The molecule has 1 saturated carbocycles. The zero-order chi connectivity index (χ0) is 13.9. The highest BCUT2D eigenvalue weighted by molar-refractivity contribution is 6.31. The molecule has 0 bridgehead atoms. The Labute approximate surface area is 114 Å². The molecule has 1 atom stereocenters. The summed E-state index contributed by atoms with van der Waals surface area (Å²) in [5.41, 5.74) is 1.01. The van der Waals surface area contributed by atoms with Crippen molar-refractivity contribution in [2.45, 2.75) is 53.7 Å². The molecule has 1 aliphatic carbocycles. The van der Waals surface area contributed by atoms with Gasteiger partial charge < -0.3 is 5.11 Å². The van der Waals surface area contributed by atoms with Crippen LogP contribution in [0.1, 0.15) is 59.4 Å². The van der Waals surface area contributed by atoms with Crippen LogP contribution in [0.25, 0.3) is 0 Å². The van der Waals surface area contributed by atoms with Crippen molar-refractivity contribution >= 4 is 11.6 Å². The van der Waals surface area contributed by atoms with Crippen LogP contribution in [0.2, 0.25) is 5.02 Å². The topological polar surface area (TPSA) is 38.0 Å². The number of hydrogen-bond donors (Lipinski definition) is 1. The lowest BCUT2D eigenvalue weighted by atomic mass is 10.0. The fourth-order valence-corrected chi connectivity index (χ4v) is 3.48. The molecule has 0 saturated heterocycles. The second-order valence-electron chi connectivity index (χ2n) is 6.78. The lowest BCUT2D eigenvalue weighted by molar-refractivity contribution is 0.119. The molecule has 0 aromatic carbocycles. The van der Waals surface area contributed by atoms with Gasteiger partial charge in [-0.05, 0) is 24.7 Å². The number of nitrogens with zero attached hydrogens (tertiary/aromatic N) is 2. The van der Waals surface area contributed by atoms with Gasteiger partial charge >= 0.3 is 0 Å². The van der Waals surface area contributed by atoms with E-state index in [0.717, 1.165) is 5.69 Å². The standard InChI is InChI=1S/C14H23ClN2O/c1-8(2)17-10(9(15)7-16-17)11(18)12-13(3,4)14(12,5)6/h7-8,11-12,18H,1-6H3. The Bertz CT molecular complexity index is 448. The van der Waals surface area contributed by atoms with E-state index >= 15 is 0 Å². The SMILES string of the molecule is CC(C)n1ncc(Cl)c1C(O)C1C(C)(C)C1(C)C. The van der Waals surface area contributed by atoms with E-state index in [0.29, 0.717) is 5.02 Å². The van der Waals surface area contributed by atoms with E-state index in [1.165, 1.54) is 0 Å². The van der Waals surface area contributed by atoms with Gasteiger partial charge in [-0.2, -0.15) is 5.10 Å². The molecule has 3 nitrogen and oxygen atoms in total. The number of rotatable bonds is 3. The van der Waals surface area contributed by atoms with Gasteiger partial charge in [-0.3, -0.25) is 4.68 Å². The molecule has 1 fully saturated rings. The van der Waals surface area contributed by atoms with E-state index in [2.05, 4.69) is 32.8 Å². The summed E-state index contributed by atoms with van der Waals surface area (Å²) in [6.07, 6.45) is 1.08. The van der Waals surface area contributed by atoms with Crippen molar-refractivity contribution in [2.75, 3.05) is 0 Å². The summed E-state index contributed by atoms with van der Waals surface area (Å²) in [5, 5.41) is 15.5. The van der Waals surface area contributed by atoms with Crippen LogP contribution < -0.4 is 0 Å². The van der Waals surface area contributed by atoms with Gasteiger partial charge in [0, 0.05) is 12.0 Å². The normalized spacial score (nSPS) is 23.4. The molecule has 0 amide bonds. The molecule has 0 radical (unpaired) electrons. The van der Waals surface area contributed by atoms with E-state index in [4.69, 9.17) is 11.6 Å². The Hall–Kier alpha value is -0.540. The number of aliphatic hydroxyl groups is 1. The Morgan fingerprint density at radius 2 is 1.78 bits per heavy atom. The van der Waals surface area contributed by atoms with Crippen LogP contribution in [0, 0.1) is 16.7 Å². The fraction of sp³-hybridized carbons (Fsp3) is 0.786. The first-order valence-corrected chi connectivity index (χ1v) is 6.91. The predicted molar refractivity (Wildman–Crippen MR) is 73.6 cm³/mol. The minimum absolute atomic E-state index is 0.127. The molecule has 18 heavy (non-hydrogen) atoms. The molecule has 102 valence electrons. The van der Waals surface area contributed by atoms with Gasteiger partial charge in [0.1, 0.15) is 6.10 Å². The van der Waals surface area contributed by atoms with Crippen molar-refractivity contribution < 1.29 is 5.11 Å². The Kier molecular flexibility index (Phi) is 3.07. The Morgan fingerprint density at radius 1 is 1.28 bits per heavy atom. The monoisotopic (exact) mass is 270 g/mol. The van der Waals surface area contributed by atoms with Gasteiger partial charge in [0.2, 0.25) is 0 Å². The van der Waals surface area contributed by atoms with Crippen molar-refractivity contribution in [1.82, 2.24) is 9.78 Å². The van der Waals surface area contributed by atoms with Crippen molar-refractivity contribution in [3.63, 3.8) is 0 Å². The first-order chi connectivity index (χ1) is 8.12. The van der Waals surface area contributed by atoms with Gasteiger partial charge in [0.15, 0.2) is 0 Å². The maximum atomic E-state index is 10.7. The van der Waals surface area contributed by atoms with Crippen LogP contribution in [0.15, 0.2) is 6.20 Å². The number of aliphatic hydroxyl groups excluding tert-OH is 1. The van der Waals surface area contributed by atoms with E-state index in [1.54, 1.807) is 6.20 Å². The third kappa shape index (κ3) is 1.71. The molecule has 1 aliphatic rings. The van der Waals surface area contributed by atoms with Crippen LogP contribution >= 0.6 is 11.6 Å². The van der Waals surface area contributed by atoms with Gasteiger partial charge in [-0.25, -0.2) is 0 Å². The Balaban J connectivity index is 2.37. The average Bonchev–Trinajstić information content (AvgIpc) is 2.56. The van der Waals surface area contributed by atoms with E-state index in [-0.39, 0.29) is 22.8 Å². The minimum Gasteiger partial charge on any atom is -0.386 e. The maximum Gasteiger partial charge on any atom is 0.101 e. The summed E-state index contributed by atoms with van der Waals surface area (Å²) in [6, 6.07) is 0.201. The average molecular weight is 271 g/mol. The molecule has 4 heteroatoms. The van der Waals surface area contributed by atoms with Crippen LogP contribution in [-0.4, -0.2) is 14.9 Å². The van der Waals surface area contributed by atoms with Crippen LogP contribution in [0.4, 0.5) is 0 Å². The summed E-state index contributed by atoms with van der Waals surface area (Å²) < 4.78 is 1.83. The molecule has 1 aromatic heterocycles. The first-order valence-electron chi connectivity index (χ1n) is 6.53. The first kappa shape index (κ1) is 13.9. The third-order valence-electron chi connectivity index (χ3n) is 5.00. The fourth-order valence-electron chi connectivity index (χ4n) is 3.23. The lowest BCUT2D eigenvalue weighted by Gasteiger charge is -2.18. The van der Waals surface area contributed by atoms with Crippen LogP contribution in [0.3, 0.4) is 0 Å². The third-order valence-corrected chi connectivity index (χ3v) is 5.30. The molecule has 1 unspecified atom stereocenters. The summed E-state index contributed by atoms with van der Waals surface area (Å²) in [6.45, 7) is 12.9. The van der Waals surface area contributed by atoms with Crippen molar-refractivity contribution in [1.29, 1.82) is 0 Å². The molecular formula is C14H23ClN2O. The predicted octanol–water partition coefficient (Wildman–Crippen LogP) is 3.83. The van der Waals surface area contributed by atoms with Gasteiger partial charge in [0.25, 0.3) is 0 Å². The van der Waals surface area contributed by atoms with E-state index in [1.807, 2.05) is 18.5 Å². The van der Waals surface area contributed by atoms with E-state index in [9.17, 15) is 5.11 Å². The number of halogens is 1. The second kappa shape index (κ2) is 3.97. The molecular weight excluding hydrogens is 248 g/mol. The van der Waals surface area contributed by atoms with Gasteiger partial charge in [-0.15, -0.1) is 0 Å². The summed E-state index contributed by atoms with van der Waals surface area (Å²) >= 11 is 6.20. The summed E-state index contributed by atoms with van der Waals surface area (Å²) in [7, 11) is 0. The number of hydrogen-bond acceptors (Lipinski definition) is 2. The van der Waals surface area contributed by atoms with Gasteiger partial charge in [0.05, 0.1) is 16.9 Å². The summed E-state index contributed by atoms with van der Waals surface area (Å²) in [4.78, 5) is 0. The van der Waals surface area contributed by atoms with E-state index < -0.39 is 6.10 Å². The van der Waals surface area contributed by atoms with Crippen molar-refractivity contribution in [3.8, 4) is 0 Å². The molecule has 2 rings (SSSR count). The van der Waals surface area contributed by atoms with Crippen molar-refractivity contribution in [3.05, 3.63) is 16.9 Å². The highest BCUT2D eigenvalue weighted by atomic mass is 35.5. The maximum absolute atomic E-state index is 10.7. The lowest BCUT2D eigenvalue weighted by Crippen LogP contribution is -2.15. The zero-order valence-electron chi connectivity index (χ0n) is 12.0. The molecule has 0 aliphatic heterocycles. The number of aromatic nitrogens is 2. The van der Waals surface area contributed by atoms with Crippen LogP contribution in [0.5, 0.6) is 0 Å².